The molecule has 0 atom stereocenters. The van der Waals surface area contributed by atoms with Crippen molar-refractivity contribution >= 4 is 27.4 Å². The average Bonchev–Trinajstić information content (AvgIpc) is 2.75. The van der Waals surface area contributed by atoms with E-state index in [-0.39, 0.29) is 10.8 Å². The predicted octanol–water partition coefficient (Wildman–Crippen LogP) is 2.44. The molecule has 0 radical (unpaired) electrons. The number of aromatic nitrogens is 1. The number of benzene rings is 1. The van der Waals surface area contributed by atoms with Gasteiger partial charge in [-0.15, -0.1) is 0 Å². The van der Waals surface area contributed by atoms with Crippen LogP contribution in [0.5, 0.6) is 0 Å². The molecule has 1 fully saturated rings. The number of amides is 1. The van der Waals surface area contributed by atoms with E-state index in [4.69, 9.17) is 0 Å². The van der Waals surface area contributed by atoms with Gasteiger partial charge < -0.3 is 15.5 Å². The maximum Gasteiger partial charge on any atom is 0.262 e. The van der Waals surface area contributed by atoms with Crippen molar-refractivity contribution in [3.05, 3.63) is 47.2 Å². The molecular formula is C22H31N5O3S. The van der Waals surface area contributed by atoms with Crippen molar-refractivity contribution in [3.8, 4) is 0 Å². The smallest absolute Gasteiger partial charge is 0.262 e. The van der Waals surface area contributed by atoms with E-state index in [1.165, 1.54) is 6.20 Å². The van der Waals surface area contributed by atoms with Gasteiger partial charge in [-0.3, -0.25) is 9.52 Å². The summed E-state index contributed by atoms with van der Waals surface area (Å²) in [6.07, 6.45) is 3.36. The van der Waals surface area contributed by atoms with E-state index in [1.54, 1.807) is 25.1 Å². The summed E-state index contributed by atoms with van der Waals surface area (Å²) in [5.41, 5.74) is 2.15. The standard InChI is InChI=1S/C22H31N5O3S/c1-4-5-8-24-22(28)18-14-19(21(25-15-18)27-11-9-23-10-12-27)26-31(29,30)20-13-16(2)6-7-17(20)3/h6-7,13-15,23,26H,4-5,8-12H2,1-3H3,(H,24,28). The molecule has 1 saturated heterocycles. The number of hydrogen-bond acceptors (Lipinski definition) is 6. The largest absolute Gasteiger partial charge is 0.352 e. The predicted molar refractivity (Wildman–Crippen MR) is 123 cm³/mol. The first-order valence-electron chi connectivity index (χ1n) is 10.7. The van der Waals surface area contributed by atoms with Gasteiger partial charge in [-0.25, -0.2) is 13.4 Å². The lowest BCUT2D eigenvalue weighted by molar-refractivity contribution is 0.0953. The van der Waals surface area contributed by atoms with Gasteiger partial charge in [0.2, 0.25) is 0 Å². The fraction of sp³-hybridized carbons (Fsp3) is 0.455. The summed E-state index contributed by atoms with van der Waals surface area (Å²) in [6.45, 7) is 9.21. The Hall–Kier alpha value is -2.65. The number of hydrogen-bond donors (Lipinski definition) is 3. The van der Waals surface area contributed by atoms with Gasteiger partial charge in [0.1, 0.15) is 0 Å². The highest BCUT2D eigenvalue weighted by Crippen LogP contribution is 2.28. The highest BCUT2D eigenvalue weighted by Gasteiger charge is 2.23. The molecule has 9 heteroatoms. The highest BCUT2D eigenvalue weighted by atomic mass is 32.2. The average molecular weight is 446 g/mol. The molecule has 2 aromatic rings. The van der Waals surface area contributed by atoms with Gasteiger partial charge in [0, 0.05) is 38.9 Å². The SMILES string of the molecule is CCCCNC(=O)c1cnc(N2CCNCC2)c(NS(=O)(=O)c2cc(C)ccc2C)c1. The number of nitrogens with one attached hydrogen (secondary N) is 3. The fourth-order valence-corrected chi connectivity index (χ4v) is 4.85. The van der Waals surface area contributed by atoms with Gasteiger partial charge in [-0.05, 0) is 43.5 Å². The monoisotopic (exact) mass is 445 g/mol. The molecule has 0 unspecified atom stereocenters. The lowest BCUT2D eigenvalue weighted by Crippen LogP contribution is -2.44. The van der Waals surface area contributed by atoms with Crippen LogP contribution in [0.4, 0.5) is 11.5 Å². The Labute approximate surface area is 184 Å². The van der Waals surface area contributed by atoms with Crippen LogP contribution in [-0.4, -0.2) is 52.0 Å². The van der Waals surface area contributed by atoms with Crippen LogP contribution >= 0.6 is 0 Å². The Kier molecular flexibility index (Phi) is 7.50. The van der Waals surface area contributed by atoms with Gasteiger partial charge in [0.25, 0.3) is 15.9 Å². The number of pyridine rings is 1. The van der Waals surface area contributed by atoms with Crippen molar-refractivity contribution < 1.29 is 13.2 Å². The van der Waals surface area contributed by atoms with Crippen molar-refractivity contribution in [1.82, 2.24) is 15.6 Å². The molecule has 168 valence electrons. The molecule has 1 amide bonds. The molecule has 3 N–H and O–H groups in total. The molecule has 1 aromatic heterocycles. The molecule has 0 aliphatic carbocycles. The highest BCUT2D eigenvalue weighted by molar-refractivity contribution is 7.92. The minimum absolute atomic E-state index is 0.219. The summed E-state index contributed by atoms with van der Waals surface area (Å²) in [6, 6.07) is 6.89. The summed E-state index contributed by atoms with van der Waals surface area (Å²) in [7, 11) is -3.86. The Morgan fingerprint density at radius 2 is 1.94 bits per heavy atom. The molecule has 31 heavy (non-hydrogen) atoms. The maximum atomic E-state index is 13.2. The van der Waals surface area contributed by atoms with E-state index < -0.39 is 10.0 Å². The third-order valence-electron chi connectivity index (χ3n) is 5.24. The van der Waals surface area contributed by atoms with E-state index in [9.17, 15) is 13.2 Å². The molecular weight excluding hydrogens is 414 g/mol. The van der Waals surface area contributed by atoms with Crippen molar-refractivity contribution in [1.29, 1.82) is 0 Å². The number of sulfonamides is 1. The van der Waals surface area contributed by atoms with Crippen molar-refractivity contribution in [2.75, 3.05) is 42.3 Å². The summed E-state index contributed by atoms with van der Waals surface area (Å²) in [5, 5.41) is 6.14. The van der Waals surface area contributed by atoms with Crippen LogP contribution < -0.4 is 20.3 Å². The quantitative estimate of drug-likeness (QED) is 0.539. The Bertz CT molecular complexity index is 1030. The summed E-state index contributed by atoms with van der Waals surface area (Å²) in [4.78, 5) is 19.3. The van der Waals surface area contributed by atoms with Crippen LogP contribution in [0.15, 0.2) is 35.4 Å². The zero-order chi connectivity index (χ0) is 22.4. The zero-order valence-electron chi connectivity index (χ0n) is 18.4. The summed E-state index contributed by atoms with van der Waals surface area (Å²) >= 11 is 0. The number of carbonyl (C=O) groups excluding carboxylic acids is 1. The van der Waals surface area contributed by atoms with Gasteiger partial charge in [-0.2, -0.15) is 0 Å². The topological polar surface area (TPSA) is 103 Å². The molecule has 8 nitrogen and oxygen atoms in total. The van der Waals surface area contributed by atoms with Crippen molar-refractivity contribution in [2.24, 2.45) is 0 Å². The number of carbonyl (C=O) groups is 1. The Balaban J connectivity index is 1.97. The van der Waals surface area contributed by atoms with Gasteiger partial charge in [-0.1, -0.05) is 25.5 Å². The fourth-order valence-electron chi connectivity index (χ4n) is 3.46. The number of anilines is 2. The van der Waals surface area contributed by atoms with Crippen molar-refractivity contribution in [3.63, 3.8) is 0 Å². The number of piperazine rings is 1. The number of nitrogens with zero attached hydrogens (tertiary/aromatic N) is 2. The van der Waals surface area contributed by atoms with E-state index in [0.717, 1.165) is 31.5 Å². The molecule has 0 bridgehead atoms. The van der Waals surface area contributed by atoms with E-state index >= 15 is 0 Å². The zero-order valence-corrected chi connectivity index (χ0v) is 19.2. The first kappa shape index (κ1) is 23.0. The number of unbranched alkanes of at least 4 members (excludes halogenated alkanes) is 1. The molecule has 1 aliphatic rings. The Morgan fingerprint density at radius 3 is 2.65 bits per heavy atom. The number of aryl methyl sites for hydroxylation is 2. The van der Waals surface area contributed by atoms with Crippen LogP contribution in [0.1, 0.15) is 41.3 Å². The minimum Gasteiger partial charge on any atom is -0.352 e. The van der Waals surface area contributed by atoms with Crippen LogP contribution in [0, 0.1) is 13.8 Å². The van der Waals surface area contributed by atoms with Gasteiger partial charge in [0.05, 0.1) is 16.1 Å². The van der Waals surface area contributed by atoms with Crippen LogP contribution in [0.3, 0.4) is 0 Å². The third-order valence-corrected chi connectivity index (χ3v) is 6.75. The summed E-state index contributed by atoms with van der Waals surface area (Å²) < 4.78 is 29.2. The van der Waals surface area contributed by atoms with Crippen molar-refractivity contribution in [2.45, 2.75) is 38.5 Å². The Morgan fingerprint density at radius 1 is 1.19 bits per heavy atom. The van der Waals surface area contributed by atoms with E-state index in [0.29, 0.717) is 42.3 Å². The van der Waals surface area contributed by atoms with Crippen LogP contribution in [0.2, 0.25) is 0 Å². The first-order chi connectivity index (χ1) is 14.8. The third kappa shape index (κ3) is 5.74. The molecule has 0 spiro atoms. The summed E-state index contributed by atoms with van der Waals surface area (Å²) in [5.74, 6) is 0.264. The first-order valence-corrected chi connectivity index (χ1v) is 12.1. The normalized spacial score (nSPS) is 14.4. The van der Waals surface area contributed by atoms with Gasteiger partial charge >= 0.3 is 0 Å². The van der Waals surface area contributed by atoms with Crippen LogP contribution in [-0.2, 0) is 10.0 Å². The molecule has 1 aliphatic heterocycles. The lowest BCUT2D eigenvalue weighted by atomic mass is 10.2. The van der Waals surface area contributed by atoms with E-state index in [1.807, 2.05) is 17.9 Å². The molecule has 2 heterocycles. The van der Waals surface area contributed by atoms with Crippen LogP contribution in [0.25, 0.3) is 0 Å². The van der Waals surface area contributed by atoms with E-state index in [2.05, 4.69) is 27.3 Å². The molecule has 0 saturated carbocycles. The second-order valence-corrected chi connectivity index (χ2v) is 9.47. The lowest BCUT2D eigenvalue weighted by Gasteiger charge is -2.30. The second-order valence-electron chi connectivity index (χ2n) is 7.82. The molecule has 1 aromatic carbocycles. The molecule has 3 rings (SSSR count). The van der Waals surface area contributed by atoms with Gasteiger partial charge in [0.15, 0.2) is 5.82 Å². The number of rotatable bonds is 8. The second kappa shape index (κ2) is 10.1. The maximum absolute atomic E-state index is 13.2. The minimum atomic E-state index is -3.86.